The lowest BCUT2D eigenvalue weighted by Crippen LogP contribution is -2.30. The number of hydrogen-bond donors (Lipinski definition) is 0. The van der Waals surface area contributed by atoms with Crippen LogP contribution in [0.5, 0.6) is 5.75 Å². The third-order valence-corrected chi connectivity index (χ3v) is 4.39. The second kappa shape index (κ2) is 7.75. The molecule has 0 atom stereocenters. The molecule has 2 aromatic heterocycles. The average molecular weight is 338 g/mol. The van der Waals surface area contributed by atoms with Crippen molar-refractivity contribution in [3.05, 3.63) is 82.3 Å². The maximum atomic E-state index is 13.1. The summed E-state index contributed by atoms with van der Waals surface area (Å²) in [5.74, 6) is 0.517. The summed E-state index contributed by atoms with van der Waals surface area (Å²) in [6.45, 7) is 0.991. The van der Waals surface area contributed by atoms with Crippen LogP contribution in [0.1, 0.15) is 21.6 Å². The van der Waals surface area contributed by atoms with Gasteiger partial charge in [0.15, 0.2) is 0 Å². The Morgan fingerprint density at radius 1 is 1.12 bits per heavy atom. The highest BCUT2D eigenvalue weighted by Gasteiger charge is 2.20. The number of carbonyl (C=O) groups excluding carboxylic acids is 1. The first-order chi connectivity index (χ1) is 11.8. The van der Waals surface area contributed by atoms with Crippen molar-refractivity contribution >= 4 is 17.2 Å². The lowest BCUT2D eigenvalue weighted by Gasteiger charge is -2.23. The van der Waals surface area contributed by atoms with Crippen molar-refractivity contribution in [1.82, 2.24) is 9.88 Å². The van der Waals surface area contributed by atoms with Gasteiger partial charge in [-0.2, -0.15) is 11.3 Å². The van der Waals surface area contributed by atoms with Crippen molar-refractivity contribution in [2.45, 2.75) is 13.1 Å². The maximum Gasteiger partial charge on any atom is 0.258 e. The van der Waals surface area contributed by atoms with Gasteiger partial charge in [-0.1, -0.05) is 18.2 Å². The Morgan fingerprint density at radius 3 is 2.67 bits per heavy atom. The zero-order valence-electron chi connectivity index (χ0n) is 13.4. The summed E-state index contributed by atoms with van der Waals surface area (Å²) in [5.41, 5.74) is 2.53. The van der Waals surface area contributed by atoms with Gasteiger partial charge in [0.1, 0.15) is 5.75 Å². The van der Waals surface area contributed by atoms with Crippen LogP contribution < -0.4 is 4.74 Å². The number of para-hydroxylation sites is 1. The Labute approximate surface area is 145 Å². The zero-order valence-corrected chi connectivity index (χ0v) is 14.2. The molecule has 24 heavy (non-hydrogen) atoms. The third kappa shape index (κ3) is 3.81. The van der Waals surface area contributed by atoms with Gasteiger partial charge in [-0.3, -0.25) is 9.78 Å². The number of pyridine rings is 1. The SMILES string of the molecule is COc1ccccc1C(=O)N(Cc1ccsc1)Cc1ccccn1. The summed E-state index contributed by atoms with van der Waals surface area (Å²) in [6, 6.07) is 15.1. The monoisotopic (exact) mass is 338 g/mol. The van der Waals surface area contributed by atoms with Crippen LogP contribution in [0.3, 0.4) is 0 Å². The van der Waals surface area contributed by atoms with E-state index in [0.717, 1.165) is 11.3 Å². The first-order valence-electron chi connectivity index (χ1n) is 7.61. The summed E-state index contributed by atoms with van der Waals surface area (Å²) < 4.78 is 5.34. The van der Waals surface area contributed by atoms with Gasteiger partial charge in [0.05, 0.1) is 24.9 Å². The standard InChI is InChI=1S/C19H18N2O2S/c1-23-18-8-3-2-7-17(18)19(22)21(12-15-9-11-24-14-15)13-16-6-4-5-10-20-16/h2-11,14H,12-13H2,1H3. The van der Waals surface area contributed by atoms with Crippen LogP contribution in [-0.2, 0) is 13.1 Å². The molecule has 4 nitrogen and oxygen atoms in total. The van der Waals surface area contributed by atoms with Gasteiger partial charge in [-0.15, -0.1) is 0 Å². The Hall–Kier alpha value is -2.66. The number of carbonyl (C=O) groups is 1. The third-order valence-electron chi connectivity index (χ3n) is 3.66. The average Bonchev–Trinajstić information content (AvgIpc) is 3.14. The normalized spacial score (nSPS) is 10.4. The Kier molecular flexibility index (Phi) is 5.23. The number of amides is 1. The predicted octanol–water partition coefficient (Wildman–Crippen LogP) is 3.99. The van der Waals surface area contributed by atoms with Crippen LogP contribution in [0.15, 0.2) is 65.5 Å². The molecule has 1 aromatic carbocycles. The molecule has 2 heterocycles. The number of nitrogens with zero attached hydrogens (tertiary/aromatic N) is 2. The fourth-order valence-corrected chi connectivity index (χ4v) is 3.14. The molecule has 0 fully saturated rings. The lowest BCUT2D eigenvalue weighted by molar-refractivity contribution is 0.0724. The second-order valence-corrected chi connectivity index (χ2v) is 6.09. The summed E-state index contributed by atoms with van der Waals surface area (Å²) >= 11 is 1.62. The minimum absolute atomic E-state index is 0.0655. The predicted molar refractivity (Wildman–Crippen MR) is 95.1 cm³/mol. The van der Waals surface area contributed by atoms with E-state index < -0.39 is 0 Å². The summed E-state index contributed by atoms with van der Waals surface area (Å²) in [6.07, 6.45) is 1.74. The molecule has 0 saturated carbocycles. The summed E-state index contributed by atoms with van der Waals surface area (Å²) in [7, 11) is 1.58. The second-order valence-electron chi connectivity index (χ2n) is 5.31. The van der Waals surface area contributed by atoms with Crippen LogP contribution in [0.2, 0.25) is 0 Å². The summed E-state index contributed by atoms with van der Waals surface area (Å²) in [5, 5.41) is 4.07. The number of benzene rings is 1. The van der Waals surface area contributed by atoms with Crippen molar-refractivity contribution in [2.24, 2.45) is 0 Å². The van der Waals surface area contributed by atoms with Gasteiger partial charge in [0, 0.05) is 12.7 Å². The fraction of sp³-hybridized carbons (Fsp3) is 0.158. The van der Waals surface area contributed by atoms with Crippen LogP contribution in [0, 0.1) is 0 Å². The number of rotatable bonds is 6. The molecule has 0 aliphatic carbocycles. The van der Waals surface area contributed by atoms with E-state index in [9.17, 15) is 4.79 Å². The van der Waals surface area contributed by atoms with E-state index in [4.69, 9.17) is 4.74 Å². The highest BCUT2D eigenvalue weighted by molar-refractivity contribution is 7.07. The van der Waals surface area contributed by atoms with Crippen LogP contribution in [-0.4, -0.2) is 22.9 Å². The molecule has 0 saturated heterocycles. The van der Waals surface area contributed by atoms with E-state index in [0.29, 0.717) is 24.4 Å². The van der Waals surface area contributed by atoms with Gasteiger partial charge in [0.2, 0.25) is 0 Å². The van der Waals surface area contributed by atoms with Crippen LogP contribution in [0.4, 0.5) is 0 Å². The van der Waals surface area contributed by atoms with E-state index in [2.05, 4.69) is 10.4 Å². The van der Waals surface area contributed by atoms with Gasteiger partial charge >= 0.3 is 0 Å². The molecular weight excluding hydrogens is 320 g/mol. The van der Waals surface area contributed by atoms with E-state index in [-0.39, 0.29) is 5.91 Å². The van der Waals surface area contributed by atoms with Crippen molar-refractivity contribution < 1.29 is 9.53 Å². The molecule has 0 spiro atoms. The number of aromatic nitrogens is 1. The highest BCUT2D eigenvalue weighted by Crippen LogP contribution is 2.22. The first kappa shape index (κ1) is 16.2. The number of methoxy groups -OCH3 is 1. The molecular formula is C19H18N2O2S. The lowest BCUT2D eigenvalue weighted by atomic mass is 10.1. The molecule has 3 aromatic rings. The Balaban J connectivity index is 1.89. The fourth-order valence-electron chi connectivity index (χ4n) is 2.48. The molecule has 0 N–H and O–H groups in total. The van der Waals surface area contributed by atoms with E-state index in [1.54, 1.807) is 41.7 Å². The molecule has 0 unspecified atom stereocenters. The van der Waals surface area contributed by atoms with Gasteiger partial charge < -0.3 is 9.64 Å². The smallest absolute Gasteiger partial charge is 0.258 e. The van der Waals surface area contributed by atoms with Crippen molar-refractivity contribution in [2.75, 3.05) is 7.11 Å². The molecule has 0 aliphatic heterocycles. The van der Waals surface area contributed by atoms with E-state index in [1.807, 2.05) is 41.8 Å². The van der Waals surface area contributed by atoms with E-state index >= 15 is 0 Å². The van der Waals surface area contributed by atoms with Gasteiger partial charge in [-0.05, 0) is 46.7 Å². The highest BCUT2D eigenvalue weighted by atomic mass is 32.1. The number of ether oxygens (including phenoxy) is 1. The summed E-state index contributed by atoms with van der Waals surface area (Å²) in [4.78, 5) is 19.2. The topological polar surface area (TPSA) is 42.4 Å². The molecule has 0 radical (unpaired) electrons. The zero-order chi connectivity index (χ0) is 16.8. The largest absolute Gasteiger partial charge is 0.496 e. The maximum absolute atomic E-state index is 13.1. The van der Waals surface area contributed by atoms with Crippen molar-refractivity contribution in [1.29, 1.82) is 0 Å². The van der Waals surface area contributed by atoms with Gasteiger partial charge in [0.25, 0.3) is 5.91 Å². The van der Waals surface area contributed by atoms with Gasteiger partial charge in [-0.25, -0.2) is 0 Å². The molecule has 5 heteroatoms. The van der Waals surface area contributed by atoms with Crippen molar-refractivity contribution in [3.8, 4) is 5.75 Å². The minimum Gasteiger partial charge on any atom is -0.496 e. The molecule has 122 valence electrons. The number of thiophene rings is 1. The molecule has 3 rings (SSSR count). The Bertz CT molecular complexity index is 788. The number of hydrogen-bond acceptors (Lipinski definition) is 4. The minimum atomic E-state index is -0.0655. The quantitative estimate of drug-likeness (QED) is 0.682. The van der Waals surface area contributed by atoms with E-state index in [1.165, 1.54) is 0 Å². The first-order valence-corrected chi connectivity index (χ1v) is 8.55. The Morgan fingerprint density at radius 2 is 1.96 bits per heavy atom. The van der Waals surface area contributed by atoms with Crippen molar-refractivity contribution in [3.63, 3.8) is 0 Å². The molecule has 0 bridgehead atoms. The molecule has 0 aliphatic rings. The van der Waals surface area contributed by atoms with Crippen LogP contribution in [0.25, 0.3) is 0 Å². The van der Waals surface area contributed by atoms with Crippen LogP contribution >= 0.6 is 11.3 Å². The molecule has 1 amide bonds.